The summed E-state index contributed by atoms with van der Waals surface area (Å²) in [5, 5.41) is 3.89. The van der Waals surface area contributed by atoms with Gasteiger partial charge >= 0.3 is 0 Å². The summed E-state index contributed by atoms with van der Waals surface area (Å²) in [6.45, 7) is 3.16. The SMILES string of the molecule is c1ccc(N2CCC(NC3CCOC3C3CC3)CC2)nc1. The van der Waals surface area contributed by atoms with E-state index in [1.807, 2.05) is 12.3 Å². The molecule has 0 amide bonds. The fourth-order valence-corrected chi connectivity index (χ4v) is 3.80. The number of ether oxygens (including phenoxy) is 1. The average molecular weight is 287 g/mol. The molecule has 0 spiro atoms. The first-order chi connectivity index (χ1) is 10.4. The molecule has 1 aromatic rings. The Morgan fingerprint density at radius 2 is 1.95 bits per heavy atom. The Balaban J connectivity index is 1.29. The maximum atomic E-state index is 5.94. The van der Waals surface area contributed by atoms with Gasteiger partial charge in [-0.05, 0) is 50.2 Å². The molecule has 0 bridgehead atoms. The smallest absolute Gasteiger partial charge is 0.128 e. The van der Waals surface area contributed by atoms with Crippen LogP contribution in [0.15, 0.2) is 24.4 Å². The Kier molecular flexibility index (Phi) is 3.82. The molecule has 114 valence electrons. The van der Waals surface area contributed by atoms with E-state index in [1.54, 1.807) is 0 Å². The predicted octanol–water partition coefficient (Wildman–Crippen LogP) is 2.21. The van der Waals surface area contributed by atoms with Crippen LogP contribution in [0.25, 0.3) is 0 Å². The number of piperidine rings is 1. The number of anilines is 1. The van der Waals surface area contributed by atoms with E-state index in [4.69, 9.17) is 4.74 Å². The van der Waals surface area contributed by atoms with Gasteiger partial charge in [-0.25, -0.2) is 4.98 Å². The zero-order chi connectivity index (χ0) is 14.1. The highest BCUT2D eigenvalue weighted by Gasteiger charge is 2.41. The molecule has 2 aliphatic heterocycles. The minimum Gasteiger partial charge on any atom is -0.376 e. The topological polar surface area (TPSA) is 37.4 Å². The molecular formula is C17H25N3O. The van der Waals surface area contributed by atoms with Gasteiger partial charge in [-0.15, -0.1) is 0 Å². The van der Waals surface area contributed by atoms with Crippen LogP contribution >= 0.6 is 0 Å². The van der Waals surface area contributed by atoms with Gasteiger partial charge in [-0.2, -0.15) is 0 Å². The molecule has 3 aliphatic rings. The van der Waals surface area contributed by atoms with E-state index in [0.717, 1.165) is 31.4 Å². The first-order valence-electron chi connectivity index (χ1n) is 8.44. The number of aromatic nitrogens is 1. The van der Waals surface area contributed by atoms with E-state index < -0.39 is 0 Å². The van der Waals surface area contributed by atoms with Crippen LogP contribution in [-0.2, 0) is 4.74 Å². The van der Waals surface area contributed by atoms with Crippen molar-refractivity contribution in [3.63, 3.8) is 0 Å². The molecule has 1 aliphatic carbocycles. The Morgan fingerprint density at radius 3 is 2.67 bits per heavy atom. The van der Waals surface area contributed by atoms with Crippen molar-refractivity contribution < 1.29 is 4.74 Å². The summed E-state index contributed by atoms with van der Waals surface area (Å²) in [6, 6.07) is 7.42. The first-order valence-corrected chi connectivity index (χ1v) is 8.44. The van der Waals surface area contributed by atoms with Crippen LogP contribution in [0.2, 0.25) is 0 Å². The Bertz CT molecular complexity index is 454. The van der Waals surface area contributed by atoms with E-state index in [2.05, 4.69) is 27.3 Å². The van der Waals surface area contributed by atoms with Crippen LogP contribution in [0, 0.1) is 5.92 Å². The van der Waals surface area contributed by atoms with Crippen molar-refractivity contribution in [3.05, 3.63) is 24.4 Å². The monoisotopic (exact) mass is 287 g/mol. The molecule has 3 heterocycles. The summed E-state index contributed by atoms with van der Waals surface area (Å²) in [7, 11) is 0. The lowest BCUT2D eigenvalue weighted by atomic mass is 10.00. The minimum atomic E-state index is 0.499. The number of hydrogen-bond acceptors (Lipinski definition) is 4. The van der Waals surface area contributed by atoms with E-state index in [9.17, 15) is 0 Å². The molecule has 0 radical (unpaired) electrons. The molecule has 4 heteroatoms. The van der Waals surface area contributed by atoms with Crippen LogP contribution in [0.4, 0.5) is 5.82 Å². The molecule has 1 saturated carbocycles. The highest BCUT2D eigenvalue weighted by atomic mass is 16.5. The summed E-state index contributed by atoms with van der Waals surface area (Å²) in [6.07, 6.45) is 8.76. The number of rotatable bonds is 4. The third kappa shape index (κ3) is 3.06. The van der Waals surface area contributed by atoms with Gasteiger partial charge in [-0.3, -0.25) is 0 Å². The molecule has 2 atom stereocenters. The second-order valence-corrected chi connectivity index (χ2v) is 6.68. The highest BCUT2D eigenvalue weighted by Crippen LogP contribution is 2.39. The van der Waals surface area contributed by atoms with Gasteiger partial charge in [0, 0.05) is 38.0 Å². The van der Waals surface area contributed by atoms with Crippen LogP contribution in [0.5, 0.6) is 0 Å². The van der Waals surface area contributed by atoms with Crippen LogP contribution < -0.4 is 10.2 Å². The number of nitrogens with zero attached hydrogens (tertiary/aromatic N) is 2. The zero-order valence-electron chi connectivity index (χ0n) is 12.6. The maximum absolute atomic E-state index is 5.94. The quantitative estimate of drug-likeness (QED) is 0.921. The van der Waals surface area contributed by atoms with Gasteiger partial charge in [0.2, 0.25) is 0 Å². The predicted molar refractivity (Wildman–Crippen MR) is 83.5 cm³/mol. The summed E-state index contributed by atoms with van der Waals surface area (Å²) in [4.78, 5) is 6.86. The molecule has 3 fully saturated rings. The van der Waals surface area contributed by atoms with Crippen LogP contribution in [-0.4, -0.2) is 42.9 Å². The second kappa shape index (κ2) is 5.93. The number of hydrogen-bond donors (Lipinski definition) is 1. The molecule has 1 N–H and O–H groups in total. The van der Waals surface area contributed by atoms with Crippen molar-refractivity contribution in [2.24, 2.45) is 5.92 Å². The molecule has 2 saturated heterocycles. The van der Waals surface area contributed by atoms with Crippen molar-refractivity contribution in [2.45, 2.75) is 50.3 Å². The lowest BCUT2D eigenvalue weighted by Gasteiger charge is -2.35. The Morgan fingerprint density at radius 1 is 1.10 bits per heavy atom. The lowest BCUT2D eigenvalue weighted by Crippen LogP contribution is -2.49. The van der Waals surface area contributed by atoms with E-state index in [1.165, 1.54) is 32.1 Å². The molecule has 1 aromatic heterocycles. The van der Waals surface area contributed by atoms with E-state index in [0.29, 0.717) is 18.2 Å². The summed E-state index contributed by atoms with van der Waals surface area (Å²) < 4.78 is 5.94. The molecule has 4 nitrogen and oxygen atoms in total. The minimum absolute atomic E-state index is 0.499. The maximum Gasteiger partial charge on any atom is 0.128 e. The van der Waals surface area contributed by atoms with Gasteiger partial charge in [-0.1, -0.05) is 6.07 Å². The van der Waals surface area contributed by atoms with Gasteiger partial charge in [0.1, 0.15) is 5.82 Å². The fourth-order valence-electron chi connectivity index (χ4n) is 3.80. The average Bonchev–Trinajstić information content (AvgIpc) is 3.29. The lowest BCUT2D eigenvalue weighted by molar-refractivity contribution is 0.0781. The highest BCUT2D eigenvalue weighted by molar-refractivity contribution is 5.38. The van der Waals surface area contributed by atoms with Crippen molar-refractivity contribution in [1.82, 2.24) is 10.3 Å². The van der Waals surface area contributed by atoms with Crippen LogP contribution in [0.1, 0.15) is 32.1 Å². The third-order valence-electron chi connectivity index (χ3n) is 5.14. The number of nitrogens with one attached hydrogen (secondary N) is 1. The van der Waals surface area contributed by atoms with Gasteiger partial charge < -0.3 is 15.0 Å². The molecule has 21 heavy (non-hydrogen) atoms. The zero-order valence-corrected chi connectivity index (χ0v) is 12.6. The largest absolute Gasteiger partial charge is 0.376 e. The van der Waals surface area contributed by atoms with Gasteiger partial charge in [0.25, 0.3) is 0 Å². The molecular weight excluding hydrogens is 262 g/mol. The van der Waals surface area contributed by atoms with Crippen LogP contribution in [0.3, 0.4) is 0 Å². The second-order valence-electron chi connectivity index (χ2n) is 6.68. The van der Waals surface area contributed by atoms with Gasteiger partial charge in [0.15, 0.2) is 0 Å². The fraction of sp³-hybridized carbons (Fsp3) is 0.706. The van der Waals surface area contributed by atoms with Crippen molar-refractivity contribution in [3.8, 4) is 0 Å². The normalized spacial score (nSPS) is 30.8. The molecule has 0 aromatic carbocycles. The first kappa shape index (κ1) is 13.5. The summed E-state index contributed by atoms with van der Waals surface area (Å²) in [5.74, 6) is 1.97. The van der Waals surface area contributed by atoms with E-state index in [-0.39, 0.29) is 0 Å². The standard InChI is InChI=1S/C17H25N3O/c1-2-9-18-16(3-1)20-10-6-14(7-11-20)19-15-8-12-21-17(15)13-4-5-13/h1-3,9,13-15,17,19H,4-8,10-12H2. The van der Waals surface area contributed by atoms with E-state index >= 15 is 0 Å². The number of pyridine rings is 1. The van der Waals surface area contributed by atoms with Crippen molar-refractivity contribution >= 4 is 5.82 Å². The summed E-state index contributed by atoms with van der Waals surface area (Å²) in [5.41, 5.74) is 0. The Hall–Kier alpha value is -1.13. The van der Waals surface area contributed by atoms with Crippen molar-refractivity contribution in [1.29, 1.82) is 0 Å². The molecule has 4 rings (SSSR count). The van der Waals surface area contributed by atoms with Gasteiger partial charge in [0.05, 0.1) is 6.10 Å². The third-order valence-corrected chi connectivity index (χ3v) is 5.14. The van der Waals surface area contributed by atoms with Crippen molar-refractivity contribution in [2.75, 3.05) is 24.6 Å². The summed E-state index contributed by atoms with van der Waals surface area (Å²) >= 11 is 0. The molecule has 2 unspecified atom stereocenters. The Labute approximate surface area is 126 Å².